The van der Waals surface area contributed by atoms with Gasteiger partial charge in [-0.25, -0.2) is 0 Å². The second-order valence-corrected chi connectivity index (χ2v) is 29.7. The van der Waals surface area contributed by atoms with Gasteiger partial charge in [-0.3, -0.25) is 0 Å². The summed E-state index contributed by atoms with van der Waals surface area (Å²) >= 11 is 0. The lowest BCUT2D eigenvalue weighted by Crippen LogP contribution is -2.62. The summed E-state index contributed by atoms with van der Waals surface area (Å²) in [5, 5.41) is 1.42. The molecule has 1 aliphatic carbocycles. The van der Waals surface area contributed by atoms with Gasteiger partial charge in [-0.05, 0) is 151 Å². The number of nitrogens with zero attached hydrogens (tertiary/aromatic N) is 3. The van der Waals surface area contributed by atoms with Gasteiger partial charge in [0, 0.05) is 51.2 Å². The van der Waals surface area contributed by atoms with Gasteiger partial charge < -0.3 is 14.7 Å². The van der Waals surface area contributed by atoms with Crippen molar-refractivity contribution >= 4 is 87.5 Å². The minimum absolute atomic E-state index is 0.00416. The zero-order chi connectivity index (χ0) is 53.0. The maximum absolute atomic E-state index is 2.65. The van der Waals surface area contributed by atoms with E-state index in [0.29, 0.717) is 0 Å². The first kappa shape index (κ1) is 48.5. The lowest BCUT2D eigenvalue weighted by Gasteiger charge is -2.46. The van der Waals surface area contributed by atoms with Gasteiger partial charge in [0.15, 0.2) is 0 Å². The van der Waals surface area contributed by atoms with E-state index in [0.717, 1.165) is 28.4 Å². The fraction of sp³-hybridized carbons (Fsp3) is 0.167. The maximum atomic E-state index is 2.65. The third kappa shape index (κ3) is 7.84. The highest BCUT2D eigenvalue weighted by molar-refractivity contribution is 7.00. The normalized spacial score (nSPS) is 14.1. The van der Waals surface area contributed by atoms with E-state index in [-0.39, 0.29) is 17.5 Å². The van der Waals surface area contributed by atoms with E-state index in [2.05, 4.69) is 312 Å². The third-order valence-electron chi connectivity index (χ3n) is 16.8. The molecule has 0 saturated carbocycles. The van der Waals surface area contributed by atoms with Crippen LogP contribution in [0.25, 0.3) is 11.1 Å². The van der Waals surface area contributed by atoms with Crippen LogP contribution >= 0.6 is 0 Å². The van der Waals surface area contributed by atoms with E-state index in [9.17, 15) is 0 Å². The Morgan fingerprint density at radius 1 is 0.390 bits per heavy atom. The monoisotopic (exact) mass is 1010 g/mol. The molecule has 10 aromatic carbocycles. The molecule has 77 heavy (non-hydrogen) atoms. The Hall–Kier alpha value is -8.12. The number of hydrogen-bond acceptors (Lipinski definition) is 3. The highest BCUT2D eigenvalue weighted by Gasteiger charge is 2.48. The van der Waals surface area contributed by atoms with Crippen LogP contribution in [0.4, 0.5) is 51.2 Å². The average molecular weight is 1010 g/mol. The molecular weight excluding hydrogens is 946 g/mol. The minimum atomic E-state index is -2.00. The quantitative estimate of drug-likeness (QED) is 0.140. The lowest BCUT2D eigenvalue weighted by atomic mass is 9.33. The lowest BCUT2D eigenvalue weighted by molar-refractivity contribution is 0.590. The van der Waals surface area contributed by atoms with Crippen molar-refractivity contribution < 1.29 is 0 Å². The standard InChI is InChI=1S/C72H66BN3Si/c1-70(2,3)49-34-37-55(38-35-49)75-66-46-57(74(53-28-18-12-19-29-53)54-30-20-13-21-31-54)40-42-63(66)73-64-44-52(71(4,5)6)36-43-65(64)76(68-48-58(77(7,8)9)47-67(75)69(68)73)56-39-41-60-59-32-22-23-33-61(59)72(62(60)45-56,50-24-14-10-15-25-50)51-26-16-11-17-27-51/h10-48H,1-9H3. The second-order valence-electron chi connectivity index (χ2n) is 24.6. The molecular formula is C72H66BN3Si. The zero-order valence-electron chi connectivity index (χ0n) is 45.9. The van der Waals surface area contributed by atoms with E-state index < -0.39 is 13.5 Å². The first-order chi connectivity index (χ1) is 37.1. The summed E-state index contributed by atoms with van der Waals surface area (Å²) in [6, 6.07) is 89.9. The van der Waals surface area contributed by atoms with Crippen LogP contribution in [0.2, 0.25) is 19.6 Å². The number of benzene rings is 10. The van der Waals surface area contributed by atoms with E-state index >= 15 is 0 Å². The van der Waals surface area contributed by atoms with E-state index in [1.807, 2.05) is 0 Å². The number of anilines is 9. The molecule has 0 radical (unpaired) electrons. The molecule has 0 spiro atoms. The van der Waals surface area contributed by atoms with Crippen molar-refractivity contribution in [3.63, 3.8) is 0 Å². The van der Waals surface area contributed by atoms with E-state index in [4.69, 9.17) is 0 Å². The summed E-state index contributed by atoms with van der Waals surface area (Å²) in [7, 11) is -2.00. The molecule has 0 N–H and O–H groups in total. The maximum Gasteiger partial charge on any atom is 0.252 e. The number of hydrogen-bond donors (Lipinski definition) is 0. The Kier molecular flexibility index (Phi) is 11.3. The molecule has 376 valence electrons. The number of para-hydroxylation sites is 2. The predicted octanol–water partition coefficient (Wildman–Crippen LogP) is 16.7. The van der Waals surface area contributed by atoms with Crippen molar-refractivity contribution in [3.05, 3.63) is 270 Å². The minimum Gasteiger partial charge on any atom is -0.311 e. The summed E-state index contributed by atoms with van der Waals surface area (Å²) in [5.74, 6) is 0. The van der Waals surface area contributed by atoms with Gasteiger partial charge in [-0.1, -0.05) is 224 Å². The molecule has 2 heterocycles. The Balaban J connectivity index is 1.12. The van der Waals surface area contributed by atoms with Crippen molar-refractivity contribution in [2.24, 2.45) is 0 Å². The SMILES string of the molecule is CC(C)(C)c1ccc(N2c3cc(N(c4ccccc4)c4ccccc4)ccc3B3c4cc(C(C)(C)C)ccc4N(c4ccc5c(c4)C(c4ccccc4)(c4ccccc4)c4ccccc4-5)c4cc([Si](C)(C)C)cc2c43)cc1. The number of rotatable bonds is 8. The van der Waals surface area contributed by atoms with E-state index in [1.165, 1.54) is 88.8 Å². The summed E-state index contributed by atoms with van der Waals surface area (Å²) in [6.07, 6.45) is 0. The molecule has 0 fully saturated rings. The van der Waals surface area contributed by atoms with Crippen molar-refractivity contribution in [3.8, 4) is 11.1 Å². The number of fused-ring (bicyclic) bond motifs is 7. The molecule has 5 heteroatoms. The van der Waals surface area contributed by atoms with Gasteiger partial charge in [-0.2, -0.15) is 0 Å². The fourth-order valence-corrected chi connectivity index (χ4v) is 14.0. The average Bonchev–Trinajstić information content (AvgIpc) is 4.03. The molecule has 0 atom stereocenters. The van der Waals surface area contributed by atoms with Gasteiger partial charge >= 0.3 is 0 Å². The van der Waals surface area contributed by atoms with Crippen LogP contribution in [0.3, 0.4) is 0 Å². The zero-order valence-corrected chi connectivity index (χ0v) is 46.9. The summed E-state index contributed by atoms with van der Waals surface area (Å²) < 4.78 is 0. The fourth-order valence-electron chi connectivity index (χ4n) is 12.9. The summed E-state index contributed by atoms with van der Waals surface area (Å²) in [5.41, 5.74) is 24.3. The van der Waals surface area contributed by atoms with Crippen LogP contribution in [0, 0.1) is 0 Å². The molecule has 2 aliphatic heterocycles. The first-order valence-electron chi connectivity index (χ1n) is 27.5. The Morgan fingerprint density at radius 3 is 1.47 bits per heavy atom. The van der Waals surface area contributed by atoms with Crippen LogP contribution in [-0.2, 0) is 16.2 Å². The Morgan fingerprint density at radius 2 is 0.896 bits per heavy atom. The highest BCUT2D eigenvalue weighted by Crippen LogP contribution is 2.58. The van der Waals surface area contributed by atoms with Crippen molar-refractivity contribution in [1.82, 2.24) is 0 Å². The van der Waals surface area contributed by atoms with Gasteiger partial charge in [0.1, 0.15) is 0 Å². The highest BCUT2D eigenvalue weighted by atomic mass is 28.3. The van der Waals surface area contributed by atoms with Gasteiger partial charge in [0.05, 0.1) is 13.5 Å². The van der Waals surface area contributed by atoms with Gasteiger partial charge in [0.2, 0.25) is 0 Å². The molecule has 0 saturated heterocycles. The molecule has 3 aliphatic rings. The van der Waals surface area contributed by atoms with E-state index in [1.54, 1.807) is 0 Å². The topological polar surface area (TPSA) is 9.72 Å². The third-order valence-corrected chi connectivity index (χ3v) is 18.8. The van der Waals surface area contributed by atoms with Crippen LogP contribution < -0.4 is 36.3 Å². The first-order valence-corrected chi connectivity index (χ1v) is 31.0. The van der Waals surface area contributed by atoms with Crippen molar-refractivity contribution in [1.29, 1.82) is 0 Å². The molecule has 0 bridgehead atoms. The molecule has 0 amide bonds. The van der Waals surface area contributed by atoms with Gasteiger partial charge in [-0.15, -0.1) is 0 Å². The van der Waals surface area contributed by atoms with Crippen LogP contribution in [0.5, 0.6) is 0 Å². The molecule has 0 aromatic heterocycles. The molecule has 13 rings (SSSR count). The van der Waals surface area contributed by atoms with Crippen LogP contribution in [0.1, 0.15) is 74.9 Å². The Labute approximate surface area is 458 Å². The smallest absolute Gasteiger partial charge is 0.252 e. The van der Waals surface area contributed by atoms with Crippen molar-refractivity contribution in [2.75, 3.05) is 14.7 Å². The molecule has 0 unspecified atom stereocenters. The molecule has 3 nitrogen and oxygen atoms in total. The Bertz CT molecular complexity index is 3790. The predicted molar refractivity (Wildman–Crippen MR) is 333 cm³/mol. The summed E-state index contributed by atoms with van der Waals surface area (Å²) in [4.78, 5) is 7.67. The largest absolute Gasteiger partial charge is 0.311 e. The van der Waals surface area contributed by atoms with Crippen LogP contribution in [0.15, 0.2) is 237 Å². The second kappa shape index (κ2) is 18.0. The van der Waals surface area contributed by atoms with Crippen molar-refractivity contribution in [2.45, 2.75) is 77.4 Å². The summed E-state index contributed by atoms with van der Waals surface area (Å²) in [6.45, 7) is 21.5. The molecule has 10 aromatic rings. The van der Waals surface area contributed by atoms with Gasteiger partial charge in [0.25, 0.3) is 6.71 Å². The van der Waals surface area contributed by atoms with Crippen LogP contribution in [-0.4, -0.2) is 14.8 Å².